The molecular weight excluding hydrogens is 358 g/mol. The molecule has 0 saturated heterocycles. The van der Waals surface area contributed by atoms with Gasteiger partial charge in [0.05, 0.1) is 12.2 Å². The molecule has 0 atom stereocenters. The predicted molar refractivity (Wildman–Crippen MR) is 99.1 cm³/mol. The fraction of sp³-hybridized carbons (Fsp3) is 0.167. The number of hydrogen-bond acceptors (Lipinski definition) is 5. The van der Waals surface area contributed by atoms with Crippen molar-refractivity contribution in [1.29, 1.82) is 0 Å². The topological polar surface area (TPSA) is 68.0 Å². The van der Waals surface area contributed by atoms with Crippen LogP contribution in [0.1, 0.15) is 17.0 Å². The third-order valence-electron chi connectivity index (χ3n) is 3.45. The number of anilines is 1. The lowest BCUT2D eigenvalue weighted by molar-refractivity contribution is -0.113. The van der Waals surface area contributed by atoms with Crippen LogP contribution in [0.2, 0.25) is 5.02 Å². The van der Waals surface area contributed by atoms with Crippen LogP contribution in [0.15, 0.2) is 58.2 Å². The van der Waals surface area contributed by atoms with Crippen molar-refractivity contribution in [3.8, 4) is 0 Å². The zero-order valence-electron chi connectivity index (χ0n) is 13.5. The van der Waals surface area contributed by atoms with Crippen LogP contribution in [0.3, 0.4) is 0 Å². The molecule has 3 rings (SSSR count). The summed E-state index contributed by atoms with van der Waals surface area (Å²) in [5.74, 6) is 0.553. The fourth-order valence-electron chi connectivity index (χ4n) is 2.18. The summed E-state index contributed by atoms with van der Waals surface area (Å²) in [4.78, 5) is 12.1. The Morgan fingerprint density at radius 3 is 2.80 bits per heavy atom. The monoisotopic (exact) mass is 373 g/mol. The maximum absolute atomic E-state index is 12.1. The first-order chi connectivity index (χ1) is 12.1. The van der Waals surface area contributed by atoms with E-state index in [-0.39, 0.29) is 11.7 Å². The van der Waals surface area contributed by atoms with E-state index in [1.165, 1.54) is 11.8 Å². The minimum atomic E-state index is -0.154. The lowest BCUT2D eigenvalue weighted by Crippen LogP contribution is -2.14. The number of thioether (sulfide) groups is 1. The Kier molecular flexibility index (Phi) is 5.73. The number of benzene rings is 2. The van der Waals surface area contributed by atoms with Crippen LogP contribution in [0.25, 0.3) is 0 Å². The van der Waals surface area contributed by atoms with Crippen molar-refractivity contribution in [1.82, 2.24) is 10.2 Å². The van der Waals surface area contributed by atoms with Gasteiger partial charge in [0.15, 0.2) is 0 Å². The normalized spacial score (nSPS) is 10.6. The highest BCUT2D eigenvalue weighted by Crippen LogP contribution is 2.22. The Hall–Kier alpha value is -2.31. The molecule has 25 heavy (non-hydrogen) atoms. The molecule has 1 aromatic heterocycles. The lowest BCUT2D eigenvalue weighted by Gasteiger charge is -2.07. The Labute approximate surface area is 154 Å². The molecule has 0 radical (unpaired) electrons. The molecule has 2 aromatic carbocycles. The summed E-state index contributed by atoms with van der Waals surface area (Å²) in [6.07, 6.45) is 0.572. The van der Waals surface area contributed by atoms with E-state index in [0.29, 0.717) is 28.2 Å². The predicted octanol–water partition coefficient (Wildman–Crippen LogP) is 4.35. The van der Waals surface area contributed by atoms with Gasteiger partial charge in [-0.3, -0.25) is 4.79 Å². The minimum absolute atomic E-state index is 0.154. The van der Waals surface area contributed by atoms with Crippen LogP contribution >= 0.6 is 23.4 Å². The number of nitrogens with zero attached hydrogens (tertiary/aromatic N) is 2. The van der Waals surface area contributed by atoms with Crippen LogP contribution < -0.4 is 5.32 Å². The summed E-state index contributed by atoms with van der Waals surface area (Å²) in [6.45, 7) is 1.91. The van der Waals surface area contributed by atoms with E-state index >= 15 is 0 Å². The van der Waals surface area contributed by atoms with Gasteiger partial charge in [-0.2, -0.15) is 0 Å². The van der Waals surface area contributed by atoms with Gasteiger partial charge in [-0.15, -0.1) is 10.2 Å². The fourth-order valence-corrected chi connectivity index (χ4v) is 2.93. The molecule has 7 heteroatoms. The second-order valence-electron chi connectivity index (χ2n) is 5.42. The zero-order valence-corrected chi connectivity index (χ0v) is 15.1. The lowest BCUT2D eigenvalue weighted by atomic mass is 10.2. The Bertz CT molecular complexity index is 868. The number of carbonyl (C=O) groups is 1. The van der Waals surface area contributed by atoms with Gasteiger partial charge >= 0.3 is 0 Å². The number of nitrogens with one attached hydrogen (secondary N) is 1. The van der Waals surface area contributed by atoms with Crippen molar-refractivity contribution in [2.75, 3.05) is 11.1 Å². The highest BCUT2D eigenvalue weighted by Gasteiger charge is 2.11. The second-order valence-corrected chi connectivity index (χ2v) is 6.78. The molecule has 5 nitrogen and oxygen atoms in total. The van der Waals surface area contributed by atoms with E-state index in [1.807, 2.05) is 43.3 Å². The van der Waals surface area contributed by atoms with E-state index in [4.69, 9.17) is 16.0 Å². The molecule has 0 aliphatic carbocycles. The SMILES string of the molecule is Cc1ccc(Cl)cc1NC(=O)CSc1nnc(Cc2ccccc2)o1. The van der Waals surface area contributed by atoms with E-state index < -0.39 is 0 Å². The maximum Gasteiger partial charge on any atom is 0.277 e. The third-order valence-corrected chi connectivity index (χ3v) is 4.50. The molecule has 0 aliphatic heterocycles. The number of amides is 1. The minimum Gasteiger partial charge on any atom is -0.416 e. The Balaban J connectivity index is 1.53. The molecule has 0 bridgehead atoms. The van der Waals surface area contributed by atoms with Gasteiger partial charge in [-0.25, -0.2) is 0 Å². The first-order valence-electron chi connectivity index (χ1n) is 7.65. The molecule has 0 unspecified atom stereocenters. The van der Waals surface area contributed by atoms with Crippen molar-refractivity contribution < 1.29 is 9.21 Å². The average molecular weight is 374 g/mol. The number of carbonyl (C=O) groups excluding carboxylic acids is 1. The summed E-state index contributed by atoms with van der Waals surface area (Å²) in [7, 11) is 0. The van der Waals surface area contributed by atoms with E-state index in [1.54, 1.807) is 12.1 Å². The van der Waals surface area contributed by atoms with Gasteiger partial charge in [0.25, 0.3) is 5.22 Å². The van der Waals surface area contributed by atoms with Crippen LogP contribution in [0.5, 0.6) is 0 Å². The summed E-state index contributed by atoms with van der Waals surface area (Å²) in [5.41, 5.74) is 2.75. The van der Waals surface area contributed by atoms with Crippen molar-refractivity contribution in [2.24, 2.45) is 0 Å². The van der Waals surface area contributed by atoms with Crippen molar-refractivity contribution >= 4 is 35.0 Å². The first-order valence-corrected chi connectivity index (χ1v) is 9.01. The number of aromatic nitrogens is 2. The van der Waals surface area contributed by atoms with Crippen molar-refractivity contribution in [2.45, 2.75) is 18.6 Å². The van der Waals surface area contributed by atoms with Crippen molar-refractivity contribution in [3.63, 3.8) is 0 Å². The third kappa shape index (κ3) is 5.08. The molecular formula is C18H16ClN3O2S. The van der Waals surface area contributed by atoms with E-state index in [0.717, 1.165) is 11.1 Å². The second kappa shape index (κ2) is 8.18. The van der Waals surface area contributed by atoms with Gasteiger partial charge in [-0.1, -0.05) is 59.8 Å². The van der Waals surface area contributed by atoms with E-state index in [9.17, 15) is 4.79 Å². The van der Waals surface area contributed by atoms with Gasteiger partial charge in [0.2, 0.25) is 11.8 Å². The van der Waals surface area contributed by atoms with Crippen LogP contribution in [-0.2, 0) is 11.2 Å². The molecule has 1 N–H and O–H groups in total. The molecule has 0 spiro atoms. The average Bonchev–Trinajstić information content (AvgIpc) is 3.05. The van der Waals surface area contributed by atoms with Crippen LogP contribution in [-0.4, -0.2) is 21.9 Å². The van der Waals surface area contributed by atoms with E-state index in [2.05, 4.69) is 15.5 Å². The summed E-state index contributed by atoms with van der Waals surface area (Å²) < 4.78 is 5.57. The maximum atomic E-state index is 12.1. The van der Waals surface area contributed by atoms with Crippen molar-refractivity contribution in [3.05, 3.63) is 70.6 Å². The standard InChI is InChI=1S/C18H16ClN3O2S/c1-12-7-8-14(19)10-15(12)20-16(23)11-25-18-22-21-17(24-18)9-13-5-3-2-4-6-13/h2-8,10H,9,11H2,1H3,(H,20,23). The van der Waals surface area contributed by atoms with Crippen LogP contribution in [0.4, 0.5) is 5.69 Å². The number of aryl methyl sites for hydroxylation is 1. The summed E-state index contributed by atoms with van der Waals surface area (Å²) in [5, 5.41) is 11.8. The molecule has 0 aliphatic rings. The van der Waals surface area contributed by atoms with Gasteiger partial charge < -0.3 is 9.73 Å². The molecule has 1 heterocycles. The smallest absolute Gasteiger partial charge is 0.277 e. The van der Waals surface area contributed by atoms with Crippen LogP contribution in [0, 0.1) is 6.92 Å². The van der Waals surface area contributed by atoms with Gasteiger partial charge in [0.1, 0.15) is 0 Å². The number of hydrogen-bond donors (Lipinski definition) is 1. The van der Waals surface area contributed by atoms with Gasteiger partial charge in [0, 0.05) is 10.7 Å². The Morgan fingerprint density at radius 2 is 2.00 bits per heavy atom. The quantitative estimate of drug-likeness (QED) is 0.650. The largest absolute Gasteiger partial charge is 0.416 e. The first kappa shape index (κ1) is 17.5. The zero-order chi connectivity index (χ0) is 17.6. The highest BCUT2D eigenvalue weighted by atomic mass is 35.5. The molecule has 0 fully saturated rings. The molecule has 1 amide bonds. The Morgan fingerprint density at radius 1 is 1.20 bits per heavy atom. The molecule has 0 saturated carbocycles. The highest BCUT2D eigenvalue weighted by molar-refractivity contribution is 7.99. The number of rotatable bonds is 6. The number of halogens is 1. The summed E-state index contributed by atoms with van der Waals surface area (Å²) in [6, 6.07) is 15.2. The van der Waals surface area contributed by atoms with Gasteiger partial charge in [-0.05, 0) is 30.2 Å². The molecule has 3 aromatic rings. The molecule has 128 valence electrons. The summed E-state index contributed by atoms with van der Waals surface area (Å²) >= 11 is 7.16.